The van der Waals surface area contributed by atoms with Gasteiger partial charge >= 0.3 is 0 Å². The van der Waals surface area contributed by atoms with E-state index in [1.807, 2.05) is 22.5 Å². The van der Waals surface area contributed by atoms with Crippen molar-refractivity contribution in [3.05, 3.63) is 29.1 Å². The van der Waals surface area contributed by atoms with Gasteiger partial charge in [0.05, 0.1) is 23.4 Å². The molecule has 0 saturated heterocycles. The van der Waals surface area contributed by atoms with E-state index in [9.17, 15) is 4.79 Å². The fourth-order valence-electron chi connectivity index (χ4n) is 3.88. The Morgan fingerprint density at radius 3 is 2.83 bits per heavy atom. The van der Waals surface area contributed by atoms with Gasteiger partial charge in [0.1, 0.15) is 15.0 Å². The summed E-state index contributed by atoms with van der Waals surface area (Å²) >= 11 is 1.45. The maximum Gasteiger partial charge on any atom is 0.271 e. The number of hydrogen-bond donors (Lipinski definition) is 0. The summed E-state index contributed by atoms with van der Waals surface area (Å²) in [4.78, 5) is 23.1. The monoisotopic (exact) mass is 339 g/mol. The molecule has 0 unspecified atom stereocenters. The van der Waals surface area contributed by atoms with Gasteiger partial charge in [-0.25, -0.2) is 9.97 Å². The fourth-order valence-corrected chi connectivity index (χ4v) is 4.91. The topological polar surface area (TPSA) is 65.6 Å². The third-order valence-corrected chi connectivity index (χ3v) is 6.17. The van der Waals surface area contributed by atoms with Gasteiger partial charge < -0.3 is 0 Å². The van der Waals surface area contributed by atoms with Gasteiger partial charge in [0.2, 0.25) is 0 Å². The molecule has 1 aliphatic carbocycles. The number of rotatable bonds is 1. The second kappa shape index (κ2) is 5.11. The van der Waals surface area contributed by atoms with Gasteiger partial charge in [0, 0.05) is 24.7 Å². The summed E-state index contributed by atoms with van der Waals surface area (Å²) < 4.78 is 4.39. The molecule has 0 N–H and O–H groups in total. The van der Waals surface area contributed by atoms with E-state index in [0.29, 0.717) is 4.70 Å². The van der Waals surface area contributed by atoms with Crippen LogP contribution in [0.4, 0.5) is 0 Å². The van der Waals surface area contributed by atoms with Crippen molar-refractivity contribution in [1.82, 2.24) is 24.3 Å². The van der Waals surface area contributed by atoms with Crippen molar-refractivity contribution in [3.63, 3.8) is 0 Å². The molecule has 122 valence electrons. The Hall–Kier alpha value is -2.28. The number of aromatic nitrogens is 5. The Morgan fingerprint density at radius 2 is 2.00 bits per heavy atom. The average molecular weight is 339 g/mol. The first-order chi connectivity index (χ1) is 11.7. The summed E-state index contributed by atoms with van der Waals surface area (Å²) in [7, 11) is 1.91. The van der Waals surface area contributed by atoms with E-state index in [-0.39, 0.29) is 11.6 Å². The normalized spacial score (nSPS) is 16.5. The van der Waals surface area contributed by atoms with E-state index in [1.165, 1.54) is 30.6 Å². The second-order valence-corrected chi connectivity index (χ2v) is 7.54. The molecule has 0 spiro atoms. The highest BCUT2D eigenvalue weighted by Crippen LogP contribution is 2.35. The lowest BCUT2D eigenvalue weighted by atomic mass is 9.95. The molecule has 1 aliphatic rings. The molecule has 5 rings (SSSR count). The number of thiophene rings is 1. The van der Waals surface area contributed by atoms with E-state index in [4.69, 9.17) is 0 Å². The lowest BCUT2D eigenvalue weighted by molar-refractivity contribution is 0.345. The van der Waals surface area contributed by atoms with E-state index < -0.39 is 0 Å². The first-order valence-corrected chi connectivity index (χ1v) is 9.16. The average Bonchev–Trinajstić information content (AvgIpc) is 3.17. The van der Waals surface area contributed by atoms with Crippen LogP contribution in [0.15, 0.2) is 23.5 Å². The third kappa shape index (κ3) is 1.87. The first kappa shape index (κ1) is 14.1. The SMILES string of the molecule is Cn1ncc2cnc3sc4c(=O)n(C5CCCCC5)cnc4c3c21. The molecule has 6 nitrogen and oxygen atoms in total. The van der Waals surface area contributed by atoms with Crippen molar-refractivity contribution in [2.24, 2.45) is 7.05 Å². The van der Waals surface area contributed by atoms with E-state index in [2.05, 4.69) is 15.1 Å². The largest absolute Gasteiger partial charge is 0.295 e. The van der Waals surface area contributed by atoms with Gasteiger partial charge in [-0.2, -0.15) is 5.10 Å². The van der Waals surface area contributed by atoms with Crippen LogP contribution in [0.2, 0.25) is 0 Å². The van der Waals surface area contributed by atoms with Gasteiger partial charge in [-0.1, -0.05) is 19.3 Å². The zero-order valence-corrected chi connectivity index (χ0v) is 14.2. The van der Waals surface area contributed by atoms with E-state index in [1.54, 1.807) is 12.5 Å². The maximum absolute atomic E-state index is 13.0. The zero-order chi connectivity index (χ0) is 16.3. The van der Waals surface area contributed by atoms with Crippen LogP contribution in [0.3, 0.4) is 0 Å². The molecular weight excluding hydrogens is 322 g/mol. The van der Waals surface area contributed by atoms with Crippen molar-refractivity contribution in [3.8, 4) is 0 Å². The summed E-state index contributed by atoms with van der Waals surface area (Å²) in [5, 5.41) is 6.24. The van der Waals surface area contributed by atoms with Crippen LogP contribution in [-0.4, -0.2) is 24.3 Å². The Balaban J connectivity index is 1.83. The van der Waals surface area contributed by atoms with Crippen molar-refractivity contribution in [2.75, 3.05) is 0 Å². The molecule has 1 saturated carbocycles. The van der Waals surface area contributed by atoms with Crippen LogP contribution < -0.4 is 5.56 Å². The van der Waals surface area contributed by atoms with Crippen LogP contribution >= 0.6 is 11.3 Å². The third-order valence-electron chi connectivity index (χ3n) is 5.10. The maximum atomic E-state index is 13.0. The van der Waals surface area contributed by atoms with Crippen molar-refractivity contribution in [1.29, 1.82) is 0 Å². The smallest absolute Gasteiger partial charge is 0.271 e. The molecule has 0 aromatic carbocycles. The highest BCUT2D eigenvalue weighted by atomic mass is 32.1. The molecule has 0 aliphatic heterocycles. The lowest BCUT2D eigenvalue weighted by Crippen LogP contribution is -2.26. The summed E-state index contributed by atoms with van der Waals surface area (Å²) in [6.45, 7) is 0. The molecule has 7 heteroatoms. The Morgan fingerprint density at radius 1 is 1.17 bits per heavy atom. The summed E-state index contributed by atoms with van der Waals surface area (Å²) in [6.07, 6.45) is 11.2. The van der Waals surface area contributed by atoms with Gasteiger partial charge in [-0.05, 0) is 12.8 Å². The van der Waals surface area contributed by atoms with E-state index in [0.717, 1.165) is 39.5 Å². The summed E-state index contributed by atoms with van der Waals surface area (Å²) in [6, 6.07) is 0.290. The standard InChI is InChI=1S/C17H17N5OS/c1-21-14-10(8-20-21)7-18-16-12(14)13-15(24-16)17(23)22(9-19-13)11-5-3-2-4-6-11/h7-9,11H,2-6H2,1H3. The molecule has 4 aromatic heterocycles. The van der Waals surface area contributed by atoms with Gasteiger partial charge in [-0.15, -0.1) is 11.3 Å². The molecule has 4 aromatic rings. The highest BCUT2D eigenvalue weighted by molar-refractivity contribution is 7.25. The van der Waals surface area contributed by atoms with Crippen LogP contribution in [0, 0.1) is 0 Å². The van der Waals surface area contributed by atoms with Crippen LogP contribution in [0.1, 0.15) is 38.1 Å². The first-order valence-electron chi connectivity index (χ1n) is 8.34. The van der Waals surface area contributed by atoms with Crippen LogP contribution in [0.5, 0.6) is 0 Å². The van der Waals surface area contributed by atoms with Gasteiger partial charge in [-0.3, -0.25) is 14.0 Å². The number of aryl methyl sites for hydroxylation is 1. The quantitative estimate of drug-likeness (QED) is 0.533. The van der Waals surface area contributed by atoms with Gasteiger partial charge in [0.25, 0.3) is 5.56 Å². The minimum atomic E-state index is 0.0743. The number of pyridine rings is 1. The summed E-state index contributed by atoms with van der Waals surface area (Å²) in [5.74, 6) is 0. The molecule has 1 fully saturated rings. The zero-order valence-electron chi connectivity index (χ0n) is 13.4. The van der Waals surface area contributed by atoms with Crippen molar-refractivity contribution < 1.29 is 0 Å². The minimum Gasteiger partial charge on any atom is -0.295 e. The Kier molecular flexibility index (Phi) is 3.00. The number of nitrogens with zero attached hydrogens (tertiary/aromatic N) is 5. The fraction of sp³-hybridized carbons (Fsp3) is 0.412. The van der Waals surface area contributed by atoms with Crippen LogP contribution in [-0.2, 0) is 7.05 Å². The second-order valence-electron chi connectivity index (χ2n) is 6.54. The number of fused-ring (bicyclic) bond motifs is 5. The molecule has 24 heavy (non-hydrogen) atoms. The summed E-state index contributed by atoms with van der Waals surface area (Å²) in [5.41, 5.74) is 1.83. The molecule has 0 bridgehead atoms. The van der Waals surface area contributed by atoms with Gasteiger partial charge in [0.15, 0.2) is 0 Å². The van der Waals surface area contributed by atoms with Crippen molar-refractivity contribution >= 4 is 42.7 Å². The minimum absolute atomic E-state index is 0.0743. The highest BCUT2D eigenvalue weighted by Gasteiger charge is 2.21. The molecular formula is C17H17N5OS. The van der Waals surface area contributed by atoms with E-state index >= 15 is 0 Å². The molecule has 0 amide bonds. The Labute approximate surface area is 141 Å². The molecule has 4 heterocycles. The molecule has 0 atom stereocenters. The number of hydrogen-bond acceptors (Lipinski definition) is 5. The Bertz CT molecular complexity index is 1130. The van der Waals surface area contributed by atoms with Crippen molar-refractivity contribution in [2.45, 2.75) is 38.1 Å². The lowest BCUT2D eigenvalue weighted by Gasteiger charge is -2.23. The van der Waals surface area contributed by atoms with Crippen LogP contribution in [0.25, 0.3) is 31.3 Å². The predicted molar refractivity (Wildman–Crippen MR) is 95.6 cm³/mol. The molecule has 0 radical (unpaired) electrons. The predicted octanol–water partition coefficient (Wildman–Crippen LogP) is 3.40.